The van der Waals surface area contributed by atoms with Gasteiger partial charge in [0.25, 0.3) is 5.91 Å². The fourth-order valence-corrected chi connectivity index (χ4v) is 5.04. The number of hydrogen-bond donors (Lipinski definition) is 4. The van der Waals surface area contributed by atoms with E-state index < -0.39 is 17.6 Å². The molecule has 0 aliphatic carbocycles. The number of nitrogens with zero attached hydrogens (tertiary/aromatic N) is 2. The van der Waals surface area contributed by atoms with E-state index in [-0.39, 0.29) is 30.2 Å². The monoisotopic (exact) mass is 534 g/mol. The number of guanidine groups is 1. The second-order valence-corrected chi connectivity index (χ2v) is 11.1. The number of nitrogens with two attached hydrogens (primary N) is 2. The maximum atomic E-state index is 13.7. The van der Waals surface area contributed by atoms with Gasteiger partial charge in [-0.15, -0.1) is 0 Å². The Morgan fingerprint density at radius 2 is 1.79 bits per heavy atom. The van der Waals surface area contributed by atoms with Crippen molar-refractivity contribution in [1.29, 1.82) is 10.8 Å². The summed E-state index contributed by atoms with van der Waals surface area (Å²) < 4.78 is 11.9. The average molecular weight is 535 g/mol. The van der Waals surface area contributed by atoms with Crippen molar-refractivity contribution in [2.75, 3.05) is 19.6 Å². The lowest BCUT2D eigenvalue weighted by molar-refractivity contribution is -0.160. The maximum Gasteiger partial charge on any atom is 0.329 e. The van der Waals surface area contributed by atoms with Crippen molar-refractivity contribution in [2.45, 2.75) is 64.2 Å². The van der Waals surface area contributed by atoms with Gasteiger partial charge in [0.1, 0.15) is 29.3 Å². The summed E-state index contributed by atoms with van der Waals surface area (Å²) >= 11 is 0. The number of carbonyl (C=O) groups is 2. The van der Waals surface area contributed by atoms with Crippen LogP contribution in [0.3, 0.4) is 0 Å². The number of amidine groups is 1. The Balaban J connectivity index is 1.52. The third-order valence-electron chi connectivity index (χ3n) is 7.00. The second kappa shape index (κ2) is 11.3. The topological polar surface area (TPSA) is 159 Å². The zero-order chi connectivity index (χ0) is 28.3. The number of nitrogen functional groups attached to an aromatic ring is 1. The number of rotatable bonds is 7. The molecule has 39 heavy (non-hydrogen) atoms. The molecule has 10 nitrogen and oxygen atoms in total. The number of benzene rings is 2. The molecule has 1 amide bonds. The van der Waals surface area contributed by atoms with E-state index in [0.717, 1.165) is 24.0 Å². The molecule has 2 aliphatic heterocycles. The van der Waals surface area contributed by atoms with Crippen LogP contribution in [-0.2, 0) is 22.4 Å². The van der Waals surface area contributed by atoms with E-state index in [1.807, 2.05) is 17.0 Å². The van der Waals surface area contributed by atoms with Crippen molar-refractivity contribution in [1.82, 2.24) is 9.80 Å². The number of nitrogens with one attached hydrogen (secondary N) is 2. The van der Waals surface area contributed by atoms with E-state index in [1.54, 1.807) is 56.0 Å². The van der Waals surface area contributed by atoms with Gasteiger partial charge in [-0.1, -0.05) is 18.2 Å². The minimum atomic E-state index is -0.825. The Hall–Kier alpha value is -4.08. The van der Waals surface area contributed by atoms with Gasteiger partial charge >= 0.3 is 5.97 Å². The van der Waals surface area contributed by atoms with Crippen molar-refractivity contribution >= 4 is 23.7 Å². The normalized spacial score (nSPS) is 16.8. The van der Waals surface area contributed by atoms with Crippen LogP contribution in [0.5, 0.6) is 5.75 Å². The zero-order valence-corrected chi connectivity index (χ0v) is 22.8. The summed E-state index contributed by atoms with van der Waals surface area (Å²) in [5.41, 5.74) is 13.3. The molecule has 6 N–H and O–H groups in total. The van der Waals surface area contributed by atoms with E-state index in [2.05, 4.69) is 0 Å². The smallest absolute Gasteiger partial charge is 0.329 e. The van der Waals surface area contributed by atoms with Crippen molar-refractivity contribution in [3.05, 3.63) is 64.7 Å². The van der Waals surface area contributed by atoms with Gasteiger partial charge in [0.15, 0.2) is 5.96 Å². The second-order valence-electron chi connectivity index (χ2n) is 11.1. The first-order chi connectivity index (χ1) is 18.4. The van der Waals surface area contributed by atoms with Crippen LogP contribution in [0.2, 0.25) is 0 Å². The molecular formula is C29H38N6O4. The Bertz CT molecular complexity index is 1260. The number of hydrogen-bond acceptors (Lipinski definition) is 6. The van der Waals surface area contributed by atoms with Gasteiger partial charge in [-0.3, -0.25) is 15.6 Å². The molecule has 1 saturated heterocycles. The molecule has 1 fully saturated rings. The first-order valence-electron chi connectivity index (χ1n) is 13.3. The molecule has 0 radical (unpaired) electrons. The Kier molecular flexibility index (Phi) is 8.13. The fourth-order valence-electron chi connectivity index (χ4n) is 5.04. The molecule has 2 heterocycles. The van der Waals surface area contributed by atoms with Gasteiger partial charge < -0.3 is 30.7 Å². The number of ether oxygens (including phenoxy) is 2. The summed E-state index contributed by atoms with van der Waals surface area (Å²) in [6.07, 6.45) is 2.39. The molecular weight excluding hydrogens is 496 g/mol. The van der Waals surface area contributed by atoms with Crippen LogP contribution in [0.25, 0.3) is 0 Å². The molecule has 1 atom stereocenters. The first-order valence-corrected chi connectivity index (χ1v) is 13.3. The predicted molar refractivity (Wildman–Crippen MR) is 149 cm³/mol. The van der Waals surface area contributed by atoms with Crippen molar-refractivity contribution in [3.8, 4) is 5.75 Å². The Morgan fingerprint density at radius 1 is 1.08 bits per heavy atom. The lowest BCUT2D eigenvalue weighted by Gasteiger charge is -2.36. The summed E-state index contributed by atoms with van der Waals surface area (Å²) in [6.45, 7) is 7.13. The van der Waals surface area contributed by atoms with E-state index in [1.165, 1.54) is 0 Å². The standard InChI is InChI=1S/C29H38N6O4/c1-29(2,3)39-27(37)24(16-18-5-4-6-20(15-18)25(30)31)35-14-9-19-17-22(7-8-23(19)26(35)36)38-21-10-12-34(13-11-21)28(32)33/h4-8,15,17,21,24H,9-14,16H2,1-3H3,(H3,30,31)(H3,32,33). The molecule has 2 aliphatic rings. The Morgan fingerprint density at radius 3 is 2.44 bits per heavy atom. The van der Waals surface area contributed by atoms with Crippen molar-refractivity contribution in [2.24, 2.45) is 11.5 Å². The van der Waals surface area contributed by atoms with Crippen LogP contribution in [0, 0.1) is 10.8 Å². The quantitative estimate of drug-likeness (QED) is 0.241. The van der Waals surface area contributed by atoms with E-state index in [9.17, 15) is 9.59 Å². The van der Waals surface area contributed by atoms with Gasteiger partial charge in [0, 0.05) is 50.0 Å². The van der Waals surface area contributed by atoms with Crippen LogP contribution in [0.4, 0.5) is 0 Å². The van der Waals surface area contributed by atoms with Gasteiger partial charge in [-0.25, -0.2) is 4.79 Å². The molecule has 0 bridgehead atoms. The van der Waals surface area contributed by atoms with Crippen LogP contribution >= 0.6 is 0 Å². The predicted octanol–water partition coefficient (Wildman–Crippen LogP) is 2.66. The number of carbonyl (C=O) groups excluding carboxylic acids is 2. The Labute approximate surface area is 229 Å². The highest BCUT2D eigenvalue weighted by Crippen LogP contribution is 2.28. The molecule has 2 aromatic carbocycles. The molecule has 0 saturated carbocycles. The maximum absolute atomic E-state index is 13.7. The number of esters is 1. The number of likely N-dealkylation sites (tertiary alicyclic amines) is 1. The highest BCUT2D eigenvalue weighted by atomic mass is 16.6. The number of fused-ring (bicyclic) bond motifs is 1. The zero-order valence-electron chi connectivity index (χ0n) is 22.8. The van der Waals surface area contributed by atoms with Crippen molar-refractivity contribution in [3.63, 3.8) is 0 Å². The first kappa shape index (κ1) is 27.9. The minimum absolute atomic E-state index is 0.0248. The van der Waals surface area contributed by atoms with E-state index in [4.69, 9.17) is 31.8 Å². The molecule has 0 spiro atoms. The number of amides is 1. The van der Waals surface area contributed by atoms with Gasteiger partial charge in [-0.2, -0.15) is 0 Å². The summed E-state index contributed by atoms with van der Waals surface area (Å²) in [6, 6.07) is 11.8. The van der Waals surface area contributed by atoms with Crippen LogP contribution in [-0.4, -0.2) is 70.9 Å². The van der Waals surface area contributed by atoms with E-state index >= 15 is 0 Å². The summed E-state index contributed by atoms with van der Waals surface area (Å²) in [5, 5.41) is 15.3. The van der Waals surface area contributed by atoms with Crippen molar-refractivity contribution < 1.29 is 19.1 Å². The van der Waals surface area contributed by atoms with Gasteiger partial charge in [-0.05, 0) is 62.6 Å². The molecule has 2 aromatic rings. The summed E-state index contributed by atoms with van der Waals surface area (Å²) in [7, 11) is 0. The fraction of sp³-hybridized carbons (Fsp3) is 0.448. The molecule has 1 unspecified atom stereocenters. The third kappa shape index (κ3) is 6.87. The largest absolute Gasteiger partial charge is 0.490 e. The highest BCUT2D eigenvalue weighted by molar-refractivity contribution is 5.99. The number of piperidine rings is 1. The third-order valence-corrected chi connectivity index (χ3v) is 7.00. The summed E-state index contributed by atoms with van der Waals surface area (Å²) in [4.78, 5) is 30.5. The SMILES string of the molecule is CC(C)(C)OC(=O)C(Cc1cccc(C(=N)N)c1)N1CCc2cc(OC3CCN(C(=N)N)CC3)ccc2C1=O. The van der Waals surface area contributed by atoms with Gasteiger partial charge in [0.05, 0.1) is 0 Å². The van der Waals surface area contributed by atoms with Crippen LogP contribution in [0.1, 0.15) is 60.7 Å². The summed E-state index contributed by atoms with van der Waals surface area (Å²) in [5.74, 6) is 0.0409. The lowest BCUT2D eigenvalue weighted by atomic mass is 9.95. The molecule has 4 rings (SSSR count). The van der Waals surface area contributed by atoms with Crippen LogP contribution in [0.15, 0.2) is 42.5 Å². The highest BCUT2D eigenvalue weighted by Gasteiger charge is 2.37. The molecule has 0 aromatic heterocycles. The molecule has 10 heteroatoms. The van der Waals surface area contributed by atoms with E-state index in [0.29, 0.717) is 42.9 Å². The lowest BCUT2D eigenvalue weighted by Crippen LogP contribution is -2.51. The molecule has 208 valence electrons. The minimum Gasteiger partial charge on any atom is -0.490 e. The van der Waals surface area contributed by atoms with Crippen LogP contribution < -0.4 is 16.2 Å². The van der Waals surface area contributed by atoms with Gasteiger partial charge in [0.2, 0.25) is 0 Å². The average Bonchev–Trinajstić information content (AvgIpc) is 2.87.